The average molecular weight is 463 g/mol. The van der Waals surface area contributed by atoms with Crippen LogP contribution in [0.1, 0.15) is 49.1 Å². The number of halogens is 2. The maximum Gasteiger partial charge on any atom is 0.293 e. The zero-order chi connectivity index (χ0) is 21.4. The van der Waals surface area contributed by atoms with Crippen LogP contribution in [0.4, 0.5) is 4.79 Å². The van der Waals surface area contributed by atoms with E-state index in [1.54, 1.807) is 6.07 Å². The van der Waals surface area contributed by atoms with Gasteiger partial charge in [0, 0.05) is 23.6 Å². The molecular formula is C23H24Cl2N2O2S. The Balaban J connectivity index is 1.59. The third kappa shape index (κ3) is 4.20. The lowest BCUT2D eigenvalue weighted by molar-refractivity contribution is -0.123. The van der Waals surface area contributed by atoms with E-state index in [0.29, 0.717) is 27.4 Å². The topological polar surface area (TPSA) is 42.3 Å². The third-order valence-corrected chi connectivity index (χ3v) is 7.60. The number of carbonyl (C=O) groups is 2. The predicted molar refractivity (Wildman–Crippen MR) is 125 cm³/mol. The van der Waals surface area contributed by atoms with Crippen LogP contribution in [0.25, 0.3) is 11.8 Å². The van der Waals surface area contributed by atoms with Crippen molar-refractivity contribution < 1.29 is 9.59 Å². The number of nitrogens with zero attached hydrogens (tertiary/aromatic N) is 2. The zero-order valence-corrected chi connectivity index (χ0v) is 19.4. The first kappa shape index (κ1) is 21.5. The van der Waals surface area contributed by atoms with Crippen molar-refractivity contribution in [1.82, 2.24) is 9.47 Å². The van der Waals surface area contributed by atoms with Crippen molar-refractivity contribution >= 4 is 52.2 Å². The number of carbonyl (C=O) groups excluding carboxylic acids is 2. The first-order valence-electron chi connectivity index (χ1n) is 10.2. The van der Waals surface area contributed by atoms with Crippen molar-refractivity contribution in [3.8, 4) is 5.69 Å². The molecule has 0 radical (unpaired) electrons. The van der Waals surface area contributed by atoms with Crippen LogP contribution in [0.2, 0.25) is 10.0 Å². The van der Waals surface area contributed by atoms with Crippen LogP contribution in [0.15, 0.2) is 29.2 Å². The molecule has 4 nitrogen and oxygen atoms in total. The molecule has 2 amide bonds. The summed E-state index contributed by atoms with van der Waals surface area (Å²) in [5, 5.41) is 0.844. The average Bonchev–Trinajstić information content (AvgIpc) is 3.15. The van der Waals surface area contributed by atoms with E-state index in [4.69, 9.17) is 23.2 Å². The number of hydrogen-bond acceptors (Lipinski definition) is 3. The van der Waals surface area contributed by atoms with Crippen LogP contribution in [-0.4, -0.2) is 27.2 Å². The number of aromatic nitrogens is 1. The van der Waals surface area contributed by atoms with Crippen molar-refractivity contribution in [2.24, 2.45) is 5.92 Å². The molecule has 1 aliphatic carbocycles. The van der Waals surface area contributed by atoms with E-state index < -0.39 is 0 Å². The van der Waals surface area contributed by atoms with Crippen LogP contribution >= 0.6 is 35.0 Å². The van der Waals surface area contributed by atoms with Crippen molar-refractivity contribution in [2.45, 2.75) is 46.0 Å². The van der Waals surface area contributed by atoms with Crippen LogP contribution < -0.4 is 0 Å². The number of amides is 2. The van der Waals surface area contributed by atoms with Gasteiger partial charge in [0.2, 0.25) is 0 Å². The Hall–Kier alpha value is -1.69. The summed E-state index contributed by atoms with van der Waals surface area (Å²) < 4.78 is 2.07. The maximum absolute atomic E-state index is 12.9. The minimum atomic E-state index is -0.171. The Kier molecular flexibility index (Phi) is 6.33. The van der Waals surface area contributed by atoms with Crippen molar-refractivity contribution in [1.29, 1.82) is 0 Å². The van der Waals surface area contributed by atoms with Gasteiger partial charge in [-0.25, -0.2) is 0 Å². The van der Waals surface area contributed by atoms with Crippen molar-refractivity contribution in [2.75, 3.05) is 6.54 Å². The van der Waals surface area contributed by atoms with Gasteiger partial charge in [-0.3, -0.25) is 14.5 Å². The molecule has 1 aromatic heterocycles. The summed E-state index contributed by atoms with van der Waals surface area (Å²) in [6.07, 6.45) is 7.68. The highest BCUT2D eigenvalue weighted by Crippen LogP contribution is 2.36. The van der Waals surface area contributed by atoms with Crippen LogP contribution in [0, 0.1) is 19.8 Å². The van der Waals surface area contributed by atoms with Crippen LogP contribution in [0.3, 0.4) is 0 Å². The number of thioether (sulfide) groups is 1. The summed E-state index contributed by atoms with van der Waals surface area (Å²) in [6, 6.07) is 7.53. The van der Waals surface area contributed by atoms with Gasteiger partial charge < -0.3 is 4.57 Å². The number of imide groups is 1. The van der Waals surface area contributed by atoms with Gasteiger partial charge in [0.25, 0.3) is 11.1 Å². The molecule has 7 heteroatoms. The lowest BCUT2D eigenvalue weighted by atomic mass is 9.89. The molecule has 1 saturated heterocycles. The number of rotatable bonds is 4. The zero-order valence-electron chi connectivity index (χ0n) is 17.1. The van der Waals surface area contributed by atoms with Gasteiger partial charge in [-0.2, -0.15) is 0 Å². The first-order chi connectivity index (χ1) is 14.3. The van der Waals surface area contributed by atoms with Gasteiger partial charge in [-0.05, 0) is 80.3 Å². The molecule has 2 aromatic rings. The molecule has 1 saturated carbocycles. The van der Waals surface area contributed by atoms with Gasteiger partial charge in [-0.1, -0.05) is 42.5 Å². The molecule has 0 N–H and O–H groups in total. The molecule has 4 rings (SSSR count). The molecule has 2 heterocycles. The molecule has 0 atom stereocenters. The number of hydrogen-bond donors (Lipinski definition) is 0. The molecule has 2 fully saturated rings. The smallest absolute Gasteiger partial charge is 0.293 e. The number of benzene rings is 1. The summed E-state index contributed by atoms with van der Waals surface area (Å²) in [6.45, 7) is 4.54. The summed E-state index contributed by atoms with van der Waals surface area (Å²) in [4.78, 5) is 27.4. The van der Waals surface area contributed by atoms with E-state index in [0.717, 1.165) is 47.2 Å². The van der Waals surface area contributed by atoms with E-state index in [1.807, 2.05) is 38.1 Å². The molecular weight excluding hydrogens is 439 g/mol. The SMILES string of the molecule is Cc1cc(/C=C2\SC(=O)N(CC3CCCCC3)C2=O)c(C)n1-c1ccc(Cl)c(Cl)c1. The Morgan fingerprint density at radius 3 is 2.50 bits per heavy atom. The summed E-state index contributed by atoms with van der Waals surface area (Å²) in [5.41, 5.74) is 3.81. The summed E-state index contributed by atoms with van der Waals surface area (Å²) >= 11 is 13.3. The van der Waals surface area contributed by atoms with E-state index in [9.17, 15) is 9.59 Å². The van der Waals surface area contributed by atoms with E-state index >= 15 is 0 Å². The minimum Gasteiger partial charge on any atom is -0.318 e. The second-order valence-corrected chi connectivity index (χ2v) is 9.86. The fourth-order valence-electron chi connectivity index (χ4n) is 4.38. The standard InChI is InChI=1S/C23H24Cl2N2O2S/c1-14-10-17(15(2)27(14)18-8-9-19(24)20(25)12-18)11-21-22(28)26(23(29)30-21)13-16-6-4-3-5-7-16/h8-12,16H,3-7,13H2,1-2H3/b21-11-. The molecule has 30 heavy (non-hydrogen) atoms. The third-order valence-electron chi connectivity index (χ3n) is 5.96. The molecule has 1 aliphatic heterocycles. The highest BCUT2D eigenvalue weighted by molar-refractivity contribution is 8.18. The molecule has 1 aromatic carbocycles. The Labute approximate surface area is 191 Å². The van der Waals surface area contributed by atoms with Gasteiger partial charge in [0.05, 0.1) is 15.0 Å². The first-order valence-corrected chi connectivity index (χ1v) is 11.8. The fourth-order valence-corrected chi connectivity index (χ4v) is 5.51. The van der Waals surface area contributed by atoms with E-state index in [-0.39, 0.29) is 11.1 Å². The monoisotopic (exact) mass is 462 g/mol. The molecule has 158 valence electrons. The Bertz CT molecular complexity index is 1040. The molecule has 0 bridgehead atoms. The highest BCUT2D eigenvalue weighted by Gasteiger charge is 2.36. The van der Waals surface area contributed by atoms with Gasteiger partial charge in [0.15, 0.2) is 0 Å². The van der Waals surface area contributed by atoms with Crippen LogP contribution in [0.5, 0.6) is 0 Å². The fraction of sp³-hybridized carbons (Fsp3) is 0.391. The summed E-state index contributed by atoms with van der Waals surface area (Å²) in [5.74, 6) is 0.265. The molecule has 0 unspecified atom stereocenters. The second-order valence-electron chi connectivity index (χ2n) is 8.06. The normalized spacial score (nSPS) is 19.3. The van der Waals surface area contributed by atoms with Gasteiger partial charge in [0.1, 0.15) is 0 Å². The second kappa shape index (κ2) is 8.81. The molecule has 2 aliphatic rings. The number of aryl methyl sites for hydroxylation is 1. The maximum atomic E-state index is 12.9. The lowest BCUT2D eigenvalue weighted by Crippen LogP contribution is -2.34. The lowest BCUT2D eigenvalue weighted by Gasteiger charge is -2.25. The predicted octanol–water partition coefficient (Wildman–Crippen LogP) is 7.02. The Morgan fingerprint density at radius 2 is 1.80 bits per heavy atom. The quantitative estimate of drug-likeness (QED) is 0.458. The highest BCUT2D eigenvalue weighted by atomic mass is 35.5. The largest absolute Gasteiger partial charge is 0.318 e. The van der Waals surface area contributed by atoms with Crippen molar-refractivity contribution in [3.63, 3.8) is 0 Å². The van der Waals surface area contributed by atoms with E-state index in [2.05, 4.69) is 4.57 Å². The van der Waals surface area contributed by atoms with E-state index in [1.165, 1.54) is 24.2 Å². The van der Waals surface area contributed by atoms with Crippen molar-refractivity contribution in [3.05, 3.63) is 56.2 Å². The van der Waals surface area contributed by atoms with Crippen LogP contribution in [-0.2, 0) is 4.79 Å². The molecule has 0 spiro atoms. The Morgan fingerprint density at radius 1 is 1.07 bits per heavy atom. The van der Waals surface area contributed by atoms with Gasteiger partial charge in [-0.15, -0.1) is 0 Å². The minimum absolute atomic E-state index is 0.157. The summed E-state index contributed by atoms with van der Waals surface area (Å²) in [7, 11) is 0. The van der Waals surface area contributed by atoms with Gasteiger partial charge >= 0.3 is 0 Å².